The highest BCUT2D eigenvalue weighted by Gasteiger charge is 2.26. The van der Waals surface area contributed by atoms with Crippen molar-refractivity contribution >= 4 is 21.6 Å². The molecule has 0 aromatic carbocycles. The fourth-order valence-electron chi connectivity index (χ4n) is 1.03. The van der Waals surface area contributed by atoms with Crippen molar-refractivity contribution in [2.75, 3.05) is 0 Å². The highest BCUT2D eigenvalue weighted by molar-refractivity contribution is 7.89. The first-order chi connectivity index (χ1) is 6.63. The van der Waals surface area contributed by atoms with Crippen LogP contribution in [0.2, 0.25) is 5.15 Å². The number of nitrogens with one attached hydrogen (secondary N) is 1. The Morgan fingerprint density at radius 2 is 2.00 bits per heavy atom. The minimum absolute atomic E-state index is 0.103. The number of hydrogen-bond donors (Lipinski definition) is 1. The number of nitrogens with zero attached hydrogens (tertiary/aromatic N) is 2. The minimum Gasteiger partial charge on any atom is -0.324 e. The molecule has 7 heteroatoms. The lowest BCUT2D eigenvalue weighted by Crippen LogP contribution is -2.40. The number of aryl methyl sites for hydroxylation is 1. The Kier molecular flexibility index (Phi) is 3.14. The summed E-state index contributed by atoms with van der Waals surface area (Å²) in [6.45, 7) is 5.25. The molecule has 0 atom stereocenters. The average Bonchev–Trinajstić information content (AvgIpc) is 2.27. The lowest BCUT2D eigenvalue weighted by atomic mass is 10.1. The van der Waals surface area contributed by atoms with E-state index in [1.165, 1.54) is 10.9 Å². The zero-order valence-electron chi connectivity index (χ0n) is 9.07. The molecule has 15 heavy (non-hydrogen) atoms. The van der Waals surface area contributed by atoms with Gasteiger partial charge in [0.25, 0.3) is 10.0 Å². The molecule has 0 bridgehead atoms. The van der Waals surface area contributed by atoms with Gasteiger partial charge >= 0.3 is 0 Å². The van der Waals surface area contributed by atoms with Crippen molar-refractivity contribution in [1.29, 1.82) is 0 Å². The van der Waals surface area contributed by atoms with Gasteiger partial charge in [0.1, 0.15) is 5.15 Å². The molecule has 0 amide bonds. The van der Waals surface area contributed by atoms with Crippen LogP contribution in [-0.2, 0) is 17.1 Å². The maximum Gasteiger partial charge on any atom is 0.261 e. The van der Waals surface area contributed by atoms with E-state index in [0.29, 0.717) is 0 Å². The summed E-state index contributed by atoms with van der Waals surface area (Å²) < 4.78 is 27.5. The third-order valence-corrected chi connectivity index (χ3v) is 3.78. The molecule has 1 aromatic rings. The first-order valence-electron chi connectivity index (χ1n) is 4.34. The number of sulfonamides is 1. The van der Waals surface area contributed by atoms with E-state index in [4.69, 9.17) is 11.6 Å². The smallest absolute Gasteiger partial charge is 0.261 e. The van der Waals surface area contributed by atoms with E-state index in [2.05, 4.69) is 9.71 Å². The molecule has 0 saturated carbocycles. The molecule has 5 nitrogen and oxygen atoms in total. The molecule has 0 unspecified atom stereocenters. The number of imidazole rings is 1. The summed E-state index contributed by atoms with van der Waals surface area (Å²) in [5.74, 6) is 0. The second-order valence-electron chi connectivity index (χ2n) is 4.31. The van der Waals surface area contributed by atoms with Crippen molar-refractivity contribution in [2.45, 2.75) is 31.3 Å². The molecule has 0 saturated heterocycles. The van der Waals surface area contributed by atoms with E-state index in [9.17, 15) is 8.42 Å². The van der Waals surface area contributed by atoms with Gasteiger partial charge in [-0.2, -0.15) is 0 Å². The van der Waals surface area contributed by atoms with Crippen molar-refractivity contribution in [3.63, 3.8) is 0 Å². The second kappa shape index (κ2) is 3.77. The van der Waals surface area contributed by atoms with Crippen LogP contribution in [0.25, 0.3) is 0 Å². The van der Waals surface area contributed by atoms with Crippen molar-refractivity contribution in [1.82, 2.24) is 14.3 Å². The molecule has 1 rings (SSSR count). The Bertz CT molecular complexity index is 459. The predicted molar refractivity (Wildman–Crippen MR) is 58.3 cm³/mol. The van der Waals surface area contributed by atoms with Gasteiger partial charge in [0.05, 0.1) is 6.33 Å². The first-order valence-corrected chi connectivity index (χ1v) is 6.20. The summed E-state index contributed by atoms with van der Waals surface area (Å²) in [6, 6.07) is 0. The van der Waals surface area contributed by atoms with Crippen LogP contribution >= 0.6 is 11.6 Å². The van der Waals surface area contributed by atoms with Gasteiger partial charge in [0.15, 0.2) is 0 Å². The van der Waals surface area contributed by atoms with Crippen molar-refractivity contribution in [3.8, 4) is 0 Å². The summed E-state index contributed by atoms with van der Waals surface area (Å²) in [6.07, 6.45) is 1.36. The van der Waals surface area contributed by atoms with Crippen LogP contribution in [0.15, 0.2) is 11.4 Å². The van der Waals surface area contributed by atoms with Crippen molar-refractivity contribution in [2.24, 2.45) is 7.05 Å². The standard InChI is InChI=1S/C8H14ClN3O2S/c1-8(2,3)11-15(13,14)7-6(9)12(4)5-10-7/h5,11H,1-4H3. The van der Waals surface area contributed by atoms with E-state index in [-0.39, 0.29) is 10.2 Å². The van der Waals surface area contributed by atoms with Gasteiger partial charge in [0.2, 0.25) is 5.03 Å². The van der Waals surface area contributed by atoms with E-state index in [1.807, 2.05) is 0 Å². The van der Waals surface area contributed by atoms with Crippen LogP contribution < -0.4 is 4.72 Å². The third-order valence-electron chi connectivity index (χ3n) is 1.53. The van der Waals surface area contributed by atoms with E-state index in [0.717, 1.165) is 0 Å². The zero-order valence-corrected chi connectivity index (χ0v) is 10.6. The molecule has 1 N–H and O–H groups in total. The Hall–Kier alpha value is -0.590. The Balaban J connectivity index is 3.13. The summed E-state index contributed by atoms with van der Waals surface area (Å²) in [5, 5.41) is -0.0339. The van der Waals surface area contributed by atoms with E-state index < -0.39 is 15.6 Å². The molecular weight excluding hydrogens is 238 g/mol. The largest absolute Gasteiger partial charge is 0.324 e. The highest BCUT2D eigenvalue weighted by atomic mass is 35.5. The normalized spacial score (nSPS) is 13.1. The fraction of sp³-hybridized carbons (Fsp3) is 0.625. The van der Waals surface area contributed by atoms with Crippen molar-refractivity contribution < 1.29 is 8.42 Å². The van der Waals surface area contributed by atoms with Crippen LogP contribution in [0.1, 0.15) is 20.8 Å². The molecule has 1 aromatic heterocycles. The second-order valence-corrected chi connectivity index (χ2v) is 6.26. The Morgan fingerprint density at radius 3 is 2.33 bits per heavy atom. The molecule has 0 aliphatic heterocycles. The molecule has 0 radical (unpaired) electrons. The maximum atomic E-state index is 11.8. The summed E-state index contributed by atoms with van der Waals surface area (Å²) in [7, 11) is -2.01. The summed E-state index contributed by atoms with van der Waals surface area (Å²) in [5.41, 5.74) is -0.556. The van der Waals surface area contributed by atoms with Gasteiger partial charge in [-0.25, -0.2) is 18.1 Å². The first kappa shape index (κ1) is 12.5. The van der Waals surface area contributed by atoms with E-state index in [1.54, 1.807) is 27.8 Å². The SMILES string of the molecule is Cn1cnc(S(=O)(=O)NC(C)(C)C)c1Cl. The summed E-state index contributed by atoms with van der Waals surface area (Å²) >= 11 is 5.80. The average molecular weight is 252 g/mol. The Labute approximate surface area is 94.5 Å². The van der Waals surface area contributed by atoms with Gasteiger partial charge in [-0.1, -0.05) is 11.6 Å². The predicted octanol–water partition coefficient (Wildman–Crippen LogP) is 1.15. The number of halogens is 1. The third kappa shape index (κ3) is 2.93. The number of rotatable bonds is 2. The van der Waals surface area contributed by atoms with Gasteiger partial charge < -0.3 is 4.57 Å². The highest BCUT2D eigenvalue weighted by Crippen LogP contribution is 2.19. The lowest BCUT2D eigenvalue weighted by molar-refractivity contribution is 0.490. The monoisotopic (exact) mass is 251 g/mol. The summed E-state index contributed by atoms with van der Waals surface area (Å²) in [4.78, 5) is 3.75. The Morgan fingerprint density at radius 1 is 1.47 bits per heavy atom. The maximum absolute atomic E-state index is 11.8. The molecule has 0 spiro atoms. The molecule has 0 aliphatic carbocycles. The van der Waals surface area contributed by atoms with Gasteiger partial charge in [-0.3, -0.25) is 0 Å². The van der Waals surface area contributed by atoms with Gasteiger partial charge in [0, 0.05) is 12.6 Å². The van der Waals surface area contributed by atoms with Crippen LogP contribution in [0.5, 0.6) is 0 Å². The van der Waals surface area contributed by atoms with Crippen LogP contribution in [0.3, 0.4) is 0 Å². The van der Waals surface area contributed by atoms with Crippen LogP contribution in [-0.4, -0.2) is 23.5 Å². The quantitative estimate of drug-likeness (QED) is 0.858. The van der Waals surface area contributed by atoms with E-state index >= 15 is 0 Å². The molecule has 86 valence electrons. The van der Waals surface area contributed by atoms with Crippen molar-refractivity contribution in [3.05, 3.63) is 11.5 Å². The molecule has 0 fully saturated rings. The number of hydrogen-bond acceptors (Lipinski definition) is 3. The minimum atomic E-state index is -3.64. The molecular formula is C8H14ClN3O2S. The molecule has 0 aliphatic rings. The van der Waals surface area contributed by atoms with Gasteiger partial charge in [-0.15, -0.1) is 0 Å². The van der Waals surface area contributed by atoms with Gasteiger partial charge in [-0.05, 0) is 20.8 Å². The topological polar surface area (TPSA) is 64.0 Å². The lowest BCUT2D eigenvalue weighted by Gasteiger charge is -2.19. The number of aromatic nitrogens is 2. The van der Waals surface area contributed by atoms with Crippen LogP contribution in [0.4, 0.5) is 0 Å². The zero-order chi connectivity index (χ0) is 11.9. The fourth-order valence-corrected chi connectivity index (χ4v) is 2.88. The molecule has 1 heterocycles. The van der Waals surface area contributed by atoms with Crippen LogP contribution in [0, 0.1) is 0 Å².